The third-order valence-corrected chi connectivity index (χ3v) is 5.00. The molecule has 0 radical (unpaired) electrons. The number of halogens is 1. The van der Waals surface area contributed by atoms with Crippen molar-refractivity contribution in [1.82, 2.24) is 19.5 Å². The number of aryl methyl sites for hydroxylation is 2. The van der Waals surface area contributed by atoms with Crippen molar-refractivity contribution in [3.05, 3.63) is 40.4 Å². The number of benzene rings is 1. The first-order chi connectivity index (χ1) is 8.90. The van der Waals surface area contributed by atoms with Crippen LogP contribution in [0.2, 0.25) is 0 Å². The molecule has 0 unspecified atom stereocenters. The van der Waals surface area contributed by atoms with E-state index in [0.717, 1.165) is 5.56 Å². The lowest BCUT2D eigenvalue weighted by Crippen LogP contribution is -2.25. The molecule has 0 aliphatic rings. The molecule has 0 saturated carbocycles. The lowest BCUT2D eigenvalue weighted by Gasteiger charge is -2.09. The molecule has 0 aliphatic carbocycles. The Hall–Kier alpha value is -1.25. The Labute approximate surface area is 120 Å². The molecule has 1 heterocycles. The van der Waals surface area contributed by atoms with Crippen molar-refractivity contribution >= 4 is 26.0 Å². The van der Waals surface area contributed by atoms with Crippen molar-refractivity contribution in [3.8, 4) is 0 Å². The highest BCUT2D eigenvalue weighted by Crippen LogP contribution is 2.22. The molecule has 0 spiro atoms. The van der Waals surface area contributed by atoms with Crippen LogP contribution < -0.4 is 4.72 Å². The Morgan fingerprint density at radius 3 is 2.79 bits per heavy atom. The maximum absolute atomic E-state index is 12.2. The fourth-order valence-corrected chi connectivity index (χ4v) is 3.56. The molecule has 8 heteroatoms. The average Bonchev–Trinajstić information content (AvgIpc) is 2.75. The molecule has 19 heavy (non-hydrogen) atoms. The molecule has 0 saturated heterocycles. The Bertz CT molecular complexity index is 696. The van der Waals surface area contributed by atoms with Gasteiger partial charge in [0.2, 0.25) is 10.0 Å². The Balaban J connectivity index is 2.23. The summed E-state index contributed by atoms with van der Waals surface area (Å²) in [6, 6.07) is 5.17. The van der Waals surface area contributed by atoms with Crippen LogP contribution in [0.25, 0.3) is 0 Å². The SMILES string of the molecule is Cc1ccc(Br)c(S(=O)(=O)NCc2ncnn2C)c1. The number of rotatable bonds is 4. The highest BCUT2D eigenvalue weighted by atomic mass is 79.9. The Kier molecular flexibility index (Phi) is 4.02. The van der Waals surface area contributed by atoms with Crippen molar-refractivity contribution in [2.75, 3.05) is 0 Å². The van der Waals surface area contributed by atoms with Crippen LogP contribution in [-0.4, -0.2) is 23.2 Å². The summed E-state index contributed by atoms with van der Waals surface area (Å²) in [5.41, 5.74) is 0.877. The van der Waals surface area contributed by atoms with Gasteiger partial charge in [0.15, 0.2) is 0 Å². The molecular weight excluding hydrogens is 332 g/mol. The van der Waals surface area contributed by atoms with Crippen molar-refractivity contribution < 1.29 is 8.42 Å². The lowest BCUT2D eigenvalue weighted by atomic mass is 10.2. The molecule has 102 valence electrons. The minimum absolute atomic E-state index is 0.0964. The fraction of sp³-hybridized carbons (Fsp3) is 0.273. The van der Waals surface area contributed by atoms with Crippen LogP contribution in [0, 0.1) is 6.92 Å². The van der Waals surface area contributed by atoms with E-state index in [-0.39, 0.29) is 11.4 Å². The number of sulfonamides is 1. The third-order valence-electron chi connectivity index (χ3n) is 2.60. The van der Waals surface area contributed by atoms with Crippen LogP contribution in [-0.2, 0) is 23.6 Å². The summed E-state index contributed by atoms with van der Waals surface area (Å²) in [5, 5.41) is 3.88. The standard InChI is InChI=1S/C11H13BrN4O2S/c1-8-3-4-9(12)10(5-8)19(17,18)15-6-11-13-7-14-16(11)2/h3-5,7,15H,6H2,1-2H3. The van der Waals surface area contributed by atoms with Gasteiger partial charge < -0.3 is 0 Å². The number of hydrogen-bond acceptors (Lipinski definition) is 4. The van der Waals surface area contributed by atoms with Gasteiger partial charge in [0, 0.05) is 11.5 Å². The van der Waals surface area contributed by atoms with Gasteiger partial charge in [-0.05, 0) is 40.5 Å². The van der Waals surface area contributed by atoms with Gasteiger partial charge in [-0.2, -0.15) is 5.10 Å². The van der Waals surface area contributed by atoms with E-state index in [1.54, 1.807) is 19.2 Å². The van der Waals surface area contributed by atoms with Crippen molar-refractivity contribution in [2.45, 2.75) is 18.4 Å². The highest BCUT2D eigenvalue weighted by molar-refractivity contribution is 9.10. The highest BCUT2D eigenvalue weighted by Gasteiger charge is 2.18. The summed E-state index contributed by atoms with van der Waals surface area (Å²) in [6.07, 6.45) is 1.38. The van der Waals surface area contributed by atoms with E-state index in [4.69, 9.17) is 0 Å². The summed E-state index contributed by atoms with van der Waals surface area (Å²) in [4.78, 5) is 4.18. The molecule has 1 aromatic carbocycles. The van der Waals surface area contributed by atoms with Gasteiger partial charge in [-0.15, -0.1) is 0 Å². The number of nitrogens with one attached hydrogen (secondary N) is 1. The second-order valence-electron chi connectivity index (χ2n) is 4.06. The zero-order valence-electron chi connectivity index (χ0n) is 10.5. The fourth-order valence-electron chi connectivity index (χ4n) is 1.53. The molecule has 0 bridgehead atoms. The van der Waals surface area contributed by atoms with E-state index < -0.39 is 10.0 Å². The second kappa shape index (κ2) is 5.40. The van der Waals surface area contributed by atoms with Gasteiger partial charge in [0.25, 0.3) is 0 Å². The summed E-state index contributed by atoms with van der Waals surface area (Å²) >= 11 is 3.25. The molecule has 0 amide bonds. The molecule has 6 nitrogen and oxygen atoms in total. The number of aromatic nitrogens is 3. The number of hydrogen-bond donors (Lipinski definition) is 1. The molecule has 2 rings (SSSR count). The molecule has 0 aliphatic heterocycles. The van der Waals surface area contributed by atoms with Gasteiger partial charge in [0.1, 0.15) is 12.2 Å². The molecule has 1 N–H and O–H groups in total. The summed E-state index contributed by atoms with van der Waals surface area (Å²) < 4.78 is 29.0. The van der Waals surface area contributed by atoms with Crippen LogP contribution in [0.5, 0.6) is 0 Å². The van der Waals surface area contributed by atoms with Crippen LogP contribution in [0.15, 0.2) is 33.9 Å². The third kappa shape index (κ3) is 3.20. The average molecular weight is 345 g/mol. The predicted molar refractivity (Wildman–Crippen MR) is 73.9 cm³/mol. The predicted octanol–water partition coefficient (Wildman–Crippen LogP) is 1.36. The van der Waals surface area contributed by atoms with Crippen LogP contribution in [0.1, 0.15) is 11.4 Å². The van der Waals surface area contributed by atoms with Crippen LogP contribution >= 0.6 is 15.9 Å². The molecule has 0 atom stereocenters. The van der Waals surface area contributed by atoms with Crippen LogP contribution in [0.3, 0.4) is 0 Å². The van der Waals surface area contributed by atoms with Gasteiger partial charge in [0.05, 0.1) is 11.4 Å². The largest absolute Gasteiger partial charge is 0.252 e. The molecule has 2 aromatic rings. The molecular formula is C11H13BrN4O2S. The summed E-state index contributed by atoms with van der Waals surface area (Å²) in [5.74, 6) is 0.548. The quantitative estimate of drug-likeness (QED) is 0.908. The lowest BCUT2D eigenvalue weighted by molar-refractivity contribution is 0.575. The normalized spacial score (nSPS) is 11.7. The van der Waals surface area contributed by atoms with Gasteiger partial charge in [-0.3, -0.25) is 4.68 Å². The zero-order valence-corrected chi connectivity index (χ0v) is 12.9. The van der Waals surface area contributed by atoms with E-state index >= 15 is 0 Å². The van der Waals surface area contributed by atoms with E-state index in [9.17, 15) is 8.42 Å². The minimum atomic E-state index is -3.58. The monoisotopic (exact) mass is 344 g/mol. The van der Waals surface area contributed by atoms with Crippen molar-refractivity contribution in [2.24, 2.45) is 7.05 Å². The van der Waals surface area contributed by atoms with Crippen molar-refractivity contribution in [1.29, 1.82) is 0 Å². The van der Waals surface area contributed by atoms with E-state index in [0.29, 0.717) is 10.3 Å². The molecule has 1 aromatic heterocycles. The van der Waals surface area contributed by atoms with Gasteiger partial charge in [-0.1, -0.05) is 6.07 Å². The van der Waals surface area contributed by atoms with Crippen LogP contribution in [0.4, 0.5) is 0 Å². The molecule has 0 fully saturated rings. The number of nitrogens with zero attached hydrogens (tertiary/aromatic N) is 3. The van der Waals surface area contributed by atoms with E-state index in [2.05, 4.69) is 30.7 Å². The van der Waals surface area contributed by atoms with E-state index in [1.807, 2.05) is 13.0 Å². The van der Waals surface area contributed by atoms with Gasteiger partial charge >= 0.3 is 0 Å². The van der Waals surface area contributed by atoms with E-state index in [1.165, 1.54) is 11.0 Å². The summed E-state index contributed by atoms with van der Waals surface area (Å²) in [7, 11) is -1.88. The topological polar surface area (TPSA) is 76.9 Å². The minimum Gasteiger partial charge on any atom is -0.252 e. The Morgan fingerprint density at radius 1 is 1.42 bits per heavy atom. The first kappa shape index (κ1) is 14.2. The first-order valence-electron chi connectivity index (χ1n) is 5.49. The van der Waals surface area contributed by atoms with Crippen molar-refractivity contribution in [3.63, 3.8) is 0 Å². The second-order valence-corrected chi connectivity index (χ2v) is 6.65. The Morgan fingerprint density at radius 2 is 2.16 bits per heavy atom. The summed E-state index contributed by atoms with van der Waals surface area (Å²) in [6.45, 7) is 1.94. The zero-order chi connectivity index (χ0) is 14.0. The maximum Gasteiger partial charge on any atom is 0.242 e. The van der Waals surface area contributed by atoms with Gasteiger partial charge in [-0.25, -0.2) is 18.1 Å². The smallest absolute Gasteiger partial charge is 0.242 e. The first-order valence-corrected chi connectivity index (χ1v) is 7.76. The maximum atomic E-state index is 12.2.